The van der Waals surface area contributed by atoms with Gasteiger partial charge >= 0.3 is 5.97 Å². The lowest BCUT2D eigenvalue weighted by Gasteiger charge is -2.19. The first kappa shape index (κ1) is 13.7. The van der Waals surface area contributed by atoms with E-state index in [1.54, 1.807) is 6.20 Å². The first-order valence-electron chi connectivity index (χ1n) is 4.90. The molecular weight excluding hydrogens is 246 g/mol. The molecule has 0 spiro atoms. The first-order chi connectivity index (χ1) is 7.89. The molecule has 0 aliphatic heterocycles. The number of nitrogens with zero attached hydrogens (tertiary/aromatic N) is 2. The van der Waals surface area contributed by atoms with Crippen LogP contribution >= 0.6 is 0 Å². The molecule has 0 aromatic carbocycles. The van der Waals surface area contributed by atoms with E-state index in [-0.39, 0.29) is 6.54 Å². The Morgan fingerprint density at radius 1 is 1.65 bits per heavy atom. The van der Waals surface area contributed by atoms with Gasteiger partial charge in [-0.1, -0.05) is 0 Å². The number of carbonyl (C=O) groups excluding carboxylic acids is 1. The summed E-state index contributed by atoms with van der Waals surface area (Å²) in [6, 6.07) is 0. The summed E-state index contributed by atoms with van der Waals surface area (Å²) >= 11 is 0. The third-order valence-electron chi connectivity index (χ3n) is 2.37. The topological polar surface area (TPSA) is 92.4 Å². The van der Waals surface area contributed by atoms with Crippen molar-refractivity contribution in [3.63, 3.8) is 0 Å². The number of nitrogens with one attached hydrogen (secondary N) is 1. The molecule has 1 heterocycles. The Labute approximate surface area is 99.8 Å². The molecule has 96 valence electrons. The van der Waals surface area contributed by atoms with Crippen molar-refractivity contribution in [1.82, 2.24) is 14.5 Å². The molecule has 17 heavy (non-hydrogen) atoms. The standard InChI is InChI=1S/C9H15N3O4S/c1-7(9(13)16-3)17(14,15)12(2)6-8-4-10-11-5-8/h4-5,7H,6H2,1-3H3,(H,10,11). The number of H-pyrrole nitrogens is 1. The minimum absolute atomic E-state index is 0.153. The van der Waals surface area contributed by atoms with Gasteiger partial charge in [0, 0.05) is 25.4 Å². The van der Waals surface area contributed by atoms with Crippen molar-refractivity contribution in [3.05, 3.63) is 18.0 Å². The van der Waals surface area contributed by atoms with Gasteiger partial charge in [0.1, 0.15) is 0 Å². The number of aromatic nitrogens is 2. The second-order valence-corrected chi connectivity index (χ2v) is 5.93. The van der Waals surface area contributed by atoms with E-state index in [0.29, 0.717) is 5.56 Å². The van der Waals surface area contributed by atoms with Crippen molar-refractivity contribution in [2.45, 2.75) is 18.7 Å². The Balaban J connectivity index is 2.80. The van der Waals surface area contributed by atoms with Crippen LogP contribution in [0.3, 0.4) is 0 Å². The number of carbonyl (C=O) groups is 1. The molecule has 0 aliphatic rings. The van der Waals surface area contributed by atoms with Gasteiger partial charge in [-0.3, -0.25) is 9.89 Å². The molecule has 1 aromatic rings. The van der Waals surface area contributed by atoms with Gasteiger partial charge < -0.3 is 4.74 Å². The molecule has 0 saturated carbocycles. The minimum Gasteiger partial charge on any atom is -0.468 e. The van der Waals surface area contributed by atoms with E-state index in [1.165, 1.54) is 20.2 Å². The van der Waals surface area contributed by atoms with Crippen molar-refractivity contribution < 1.29 is 17.9 Å². The average molecular weight is 261 g/mol. The van der Waals surface area contributed by atoms with Gasteiger partial charge in [0.25, 0.3) is 0 Å². The Morgan fingerprint density at radius 2 is 2.29 bits per heavy atom. The lowest BCUT2D eigenvalue weighted by molar-refractivity contribution is -0.139. The minimum atomic E-state index is -3.71. The van der Waals surface area contributed by atoms with E-state index < -0.39 is 21.2 Å². The van der Waals surface area contributed by atoms with Crippen LogP contribution in [0.4, 0.5) is 0 Å². The predicted molar refractivity (Wildman–Crippen MR) is 60.5 cm³/mol. The van der Waals surface area contributed by atoms with E-state index in [4.69, 9.17) is 0 Å². The first-order valence-corrected chi connectivity index (χ1v) is 6.40. The fraction of sp³-hybridized carbons (Fsp3) is 0.556. The van der Waals surface area contributed by atoms with Crippen molar-refractivity contribution in [1.29, 1.82) is 0 Å². The summed E-state index contributed by atoms with van der Waals surface area (Å²) in [5.74, 6) is -0.774. The van der Waals surface area contributed by atoms with Crippen LogP contribution in [0.5, 0.6) is 0 Å². The number of esters is 1. The molecule has 1 rings (SSSR count). The van der Waals surface area contributed by atoms with Crippen molar-refractivity contribution in [3.8, 4) is 0 Å². The molecule has 1 N–H and O–H groups in total. The Bertz CT molecular complexity index is 468. The number of sulfonamides is 1. The molecular formula is C9H15N3O4S. The third-order valence-corrected chi connectivity index (χ3v) is 4.46. The van der Waals surface area contributed by atoms with Gasteiger partial charge in [0.2, 0.25) is 10.0 Å². The molecule has 0 radical (unpaired) electrons. The molecule has 8 heteroatoms. The summed E-state index contributed by atoms with van der Waals surface area (Å²) in [4.78, 5) is 11.2. The number of hydrogen-bond donors (Lipinski definition) is 1. The SMILES string of the molecule is COC(=O)C(C)S(=O)(=O)N(C)Cc1cn[nH]c1. The number of aromatic amines is 1. The Kier molecular flexibility index (Phi) is 4.24. The van der Waals surface area contributed by atoms with Crippen molar-refractivity contribution >= 4 is 16.0 Å². The van der Waals surface area contributed by atoms with E-state index in [9.17, 15) is 13.2 Å². The second kappa shape index (κ2) is 5.28. The zero-order valence-corrected chi connectivity index (χ0v) is 10.7. The number of ether oxygens (including phenoxy) is 1. The summed E-state index contributed by atoms with van der Waals surface area (Å²) in [5, 5.41) is 5.08. The fourth-order valence-corrected chi connectivity index (χ4v) is 2.48. The van der Waals surface area contributed by atoms with Gasteiger partial charge in [0.15, 0.2) is 5.25 Å². The van der Waals surface area contributed by atoms with Gasteiger partial charge in [-0.25, -0.2) is 8.42 Å². The molecule has 0 aliphatic carbocycles. The summed E-state index contributed by atoms with van der Waals surface area (Å²) in [6.07, 6.45) is 3.11. The number of hydrogen-bond acceptors (Lipinski definition) is 5. The predicted octanol–water partition coefficient (Wildman–Crippen LogP) is -0.267. The van der Waals surface area contributed by atoms with Crippen LogP contribution in [0.2, 0.25) is 0 Å². The molecule has 0 fully saturated rings. The zero-order valence-electron chi connectivity index (χ0n) is 9.87. The normalized spacial score (nSPS) is 13.6. The lowest BCUT2D eigenvalue weighted by Crippen LogP contribution is -2.39. The molecule has 0 saturated heterocycles. The molecule has 1 aromatic heterocycles. The highest BCUT2D eigenvalue weighted by molar-refractivity contribution is 7.90. The van der Waals surface area contributed by atoms with Crippen LogP contribution in [0.15, 0.2) is 12.4 Å². The van der Waals surface area contributed by atoms with Crippen molar-refractivity contribution in [2.24, 2.45) is 0 Å². The van der Waals surface area contributed by atoms with Crippen LogP contribution in [0.25, 0.3) is 0 Å². The average Bonchev–Trinajstić information content (AvgIpc) is 2.79. The number of methoxy groups -OCH3 is 1. The maximum atomic E-state index is 12.0. The van der Waals surface area contributed by atoms with Gasteiger partial charge in [-0.05, 0) is 6.92 Å². The highest BCUT2D eigenvalue weighted by Crippen LogP contribution is 2.11. The van der Waals surface area contributed by atoms with Crippen LogP contribution in [-0.2, 0) is 26.1 Å². The molecule has 7 nitrogen and oxygen atoms in total. The van der Waals surface area contributed by atoms with E-state index in [1.807, 2.05) is 0 Å². The summed E-state index contributed by atoms with van der Waals surface area (Å²) in [6.45, 7) is 1.45. The summed E-state index contributed by atoms with van der Waals surface area (Å²) in [7, 11) is -1.15. The summed E-state index contributed by atoms with van der Waals surface area (Å²) < 4.78 is 29.4. The maximum Gasteiger partial charge on any atom is 0.325 e. The zero-order chi connectivity index (χ0) is 13.1. The highest BCUT2D eigenvalue weighted by atomic mass is 32.2. The molecule has 1 unspecified atom stereocenters. The van der Waals surface area contributed by atoms with Crippen LogP contribution in [0.1, 0.15) is 12.5 Å². The summed E-state index contributed by atoms with van der Waals surface area (Å²) in [5.41, 5.74) is 0.716. The third kappa shape index (κ3) is 3.04. The quantitative estimate of drug-likeness (QED) is 0.737. The van der Waals surface area contributed by atoms with Crippen LogP contribution < -0.4 is 0 Å². The van der Waals surface area contributed by atoms with Gasteiger partial charge in [-0.15, -0.1) is 0 Å². The highest BCUT2D eigenvalue weighted by Gasteiger charge is 2.32. The van der Waals surface area contributed by atoms with Crippen LogP contribution in [0, 0.1) is 0 Å². The molecule has 0 amide bonds. The van der Waals surface area contributed by atoms with Gasteiger partial charge in [0.05, 0.1) is 13.3 Å². The maximum absolute atomic E-state index is 12.0. The van der Waals surface area contributed by atoms with E-state index >= 15 is 0 Å². The van der Waals surface area contributed by atoms with E-state index in [0.717, 1.165) is 11.4 Å². The molecule has 0 bridgehead atoms. The molecule has 1 atom stereocenters. The lowest BCUT2D eigenvalue weighted by atomic mass is 10.4. The smallest absolute Gasteiger partial charge is 0.325 e. The van der Waals surface area contributed by atoms with E-state index in [2.05, 4.69) is 14.9 Å². The fourth-order valence-electron chi connectivity index (χ4n) is 1.27. The van der Waals surface area contributed by atoms with Crippen LogP contribution in [-0.4, -0.2) is 48.3 Å². The Morgan fingerprint density at radius 3 is 2.76 bits per heavy atom. The number of rotatable bonds is 5. The van der Waals surface area contributed by atoms with Gasteiger partial charge in [-0.2, -0.15) is 9.40 Å². The van der Waals surface area contributed by atoms with Crippen molar-refractivity contribution in [2.75, 3.05) is 14.2 Å². The Hall–Kier alpha value is -1.41. The second-order valence-electron chi connectivity index (χ2n) is 3.57. The monoisotopic (exact) mass is 261 g/mol. The largest absolute Gasteiger partial charge is 0.468 e.